The van der Waals surface area contributed by atoms with Gasteiger partial charge < -0.3 is 14.0 Å². The Bertz CT molecular complexity index is 1340. The maximum absolute atomic E-state index is 13.0. The van der Waals surface area contributed by atoms with E-state index in [2.05, 4.69) is 26.0 Å². The van der Waals surface area contributed by atoms with Crippen molar-refractivity contribution in [2.45, 2.75) is 250 Å². The van der Waals surface area contributed by atoms with Gasteiger partial charge in [0.2, 0.25) is 0 Å². The second-order valence-corrected chi connectivity index (χ2v) is 18.5. The number of esters is 2. The molecule has 0 aliphatic carbocycles. The van der Waals surface area contributed by atoms with Gasteiger partial charge in [0.15, 0.2) is 0 Å². The van der Waals surface area contributed by atoms with Crippen LogP contribution in [0, 0.1) is 0 Å². The van der Waals surface area contributed by atoms with Gasteiger partial charge in [-0.25, -0.2) is 18.0 Å². The Morgan fingerprint density at radius 3 is 1.03 bits per heavy atom. The molecular weight excluding hydrogens is 792 g/mol. The Hall–Kier alpha value is -1.45. The van der Waals surface area contributed by atoms with Crippen molar-refractivity contribution in [3.8, 4) is 0 Å². The minimum Gasteiger partial charge on any atom is -0.744 e. The van der Waals surface area contributed by atoms with Crippen LogP contribution in [-0.2, 0) is 19.6 Å². The van der Waals surface area contributed by atoms with Gasteiger partial charge in [-0.2, -0.15) is 0 Å². The first kappa shape index (κ1) is 59.5. The number of hydrogen-bond acceptors (Lipinski definition) is 7. The fourth-order valence-corrected chi connectivity index (χ4v) is 8.21. The summed E-state index contributed by atoms with van der Waals surface area (Å²) in [6.07, 6.45) is 54.3. The van der Waals surface area contributed by atoms with Gasteiger partial charge >= 0.3 is 41.5 Å². The number of rotatable bonds is 43. The number of unbranched alkanes of at least 4 members (excludes halogenated alkanes) is 32. The van der Waals surface area contributed by atoms with Gasteiger partial charge in [-0.3, -0.25) is 0 Å². The molecule has 0 radical (unpaired) electrons. The molecule has 0 N–H and O–H groups in total. The first-order valence-corrected chi connectivity index (χ1v) is 26.5. The SMILES string of the molecule is CCCCCCCCCCCCCCCCCC/C=C/CCOC(=O)c1ccc(S(=O)(=O)[O-])cc1C(=O)OCC/C=C/CCCCCCCCCCCCCCCCCC.[Na+]. The molecule has 1 aromatic rings. The molecule has 0 aliphatic rings. The summed E-state index contributed by atoms with van der Waals surface area (Å²) in [6.45, 7) is 4.73. The number of benzene rings is 1. The molecule has 61 heavy (non-hydrogen) atoms. The minimum absolute atomic E-state index is 0. The van der Waals surface area contributed by atoms with E-state index in [0.717, 1.165) is 43.9 Å². The van der Waals surface area contributed by atoms with Crippen molar-refractivity contribution < 1.29 is 61.6 Å². The topological polar surface area (TPSA) is 110 Å². The van der Waals surface area contributed by atoms with Crippen LogP contribution in [-0.4, -0.2) is 38.1 Å². The summed E-state index contributed by atoms with van der Waals surface area (Å²) in [5.41, 5.74) is -0.406. The fraction of sp³-hybridized carbons (Fsp3) is 0.769. The van der Waals surface area contributed by atoms with Crippen LogP contribution < -0.4 is 29.6 Å². The number of hydrogen-bond donors (Lipinski definition) is 0. The van der Waals surface area contributed by atoms with Gasteiger partial charge in [-0.05, 0) is 56.7 Å². The van der Waals surface area contributed by atoms with Crippen LogP contribution >= 0.6 is 0 Å². The van der Waals surface area contributed by atoms with Gasteiger partial charge in [0, 0.05) is 0 Å². The second kappa shape index (κ2) is 43.8. The molecule has 0 atom stereocenters. The standard InChI is InChI=1S/C52H90O7S.Na/c1-3-5-7-9-11-13-15-17-19-21-23-25-27-29-31-33-35-37-39-41-45-58-51(53)49-44-43-48(60(55,56)57)47-50(49)52(54)59-46-42-40-38-36-34-32-30-28-26-24-22-20-18-16-14-12-10-8-6-4-2;/h37-40,43-44,47H,3-36,41-42,45-46H2,1-2H3,(H,55,56,57);/q;+1/p-1/b39-37+,40-38+;. The van der Waals surface area contributed by atoms with Crippen LogP contribution in [0.3, 0.4) is 0 Å². The first-order valence-electron chi connectivity index (χ1n) is 25.0. The van der Waals surface area contributed by atoms with E-state index in [-0.39, 0.29) is 53.9 Å². The zero-order chi connectivity index (χ0) is 43.6. The maximum atomic E-state index is 13.0. The van der Waals surface area contributed by atoms with E-state index in [1.54, 1.807) is 0 Å². The van der Waals surface area contributed by atoms with Gasteiger partial charge in [0.1, 0.15) is 10.1 Å². The number of carbonyl (C=O) groups excluding carboxylic acids is 2. The third-order valence-electron chi connectivity index (χ3n) is 11.5. The Morgan fingerprint density at radius 1 is 0.443 bits per heavy atom. The molecular formula is C52H89NaO7S. The first-order chi connectivity index (χ1) is 29.3. The van der Waals surface area contributed by atoms with Crippen molar-refractivity contribution in [1.82, 2.24) is 0 Å². The predicted molar refractivity (Wildman–Crippen MR) is 251 cm³/mol. The maximum Gasteiger partial charge on any atom is 1.00 e. The summed E-state index contributed by atoms with van der Waals surface area (Å²) in [5, 5.41) is 0. The van der Waals surface area contributed by atoms with Crippen molar-refractivity contribution in [3.63, 3.8) is 0 Å². The van der Waals surface area contributed by atoms with Crippen LogP contribution in [0.5, 0.6) is 0 Å². The van der Waals surface area contributed by atoms with Gasteiger partial charge in [-0.15, -0.1) is 0 Å². The van der Waals surface area contributed by atoms with Crippen LogP contribution in [0.2, 0.25) is 0 Å². The number of ether oxygens (including phenoxy) is 2. The zero-order valence-electron chi connectivity index (χ0n) is 39.7. The molecule has 0 heterocycles. The quantitative estimate of drug-likeness (QED) is 0.0211. The smallest absolute Gasteiger partial charge is 0.744 e. The largest absolute Gasteiger partial charge is 1.00 e. The second-order valence-electron chi connectivity index (χ2n) is 17.1. The van der Waals surface area contributed by atoms with Crippen LogP contribution in [0.4, 0.5) is 0 Å². The fourth-order valence-electron chi connectivity index (χ4n) is 7.71. The third kappa shape index (κ3) is 36.6. The van der Waals surface area contributed by atoms with Crippen molar-refractivity contribution >= 4 is 22.1 Å². The van der Waals surface area contributed by atoms with E-state index in [1.165, 1.54) is 193 Å². The van der Waals surface area contributed by atoms with E-state index in [1.807, 2.05) is 12.2 Å². The van der Waals surface area contributed by atoms with E-state index in [4.69, 9.17) is 9.47 Å². The van der Waals surface area contributed by atoms with Crippen molar-refractivity contribution in [2.24, 2.45) is 0 Å². The molecule has 0 saturated heterocycles. The van der Waals surface area contributed by atoms with Crippen molar-refractivity contribution in [3.05, 3.63) is 53.6 Å². The molecule has 0 aromatic heterocycles. The van der Waals surface area contributed by atoms with Gasteiger partial charge in [0.25, 0.3) is 0 Å². The normalized spacial score (nSPS) is 11.7. The van der Waals surface area contributed by atoms with E-state index < -0.39 is 27.0 Å². The zero-order valence-corrected chi connectivity index (χ0v) is 42.5. The van der Waals surface area contributed by atoms with E-state index in [9.17, 15) is 22.6 Å². The van der Waals surface area contributed by atoms with Crippen LogP contribution in [0.15, 0.2) is 47.4 Å². The Labute approximate surface area is 397 Å². The summed E-state index contributed by atoms with van der Waals surface area (Å²) < 4.78 is 45.8. The Morgan fingerprint density at radius 2 is 0.721 bits per heavy atom. The van der Waals surface area contributed by atoms with Gasteiger partial charge in [-0.1, -0.05) is 231 Å². The monoisotopic (exact) mass is 881 g/mol. The van der Waals surface area contributed by atoms with E-state index in [0.29, 0.717) is 12.8 Å². The number of carbonyl (C=O) groups is 2. The summed E-state index contributed by atoms with van der Waals surface area (Å²) in [6, 6.07) is 3.08. The molecule has 0 fully saturated rings. The van der Waals surface area contributed by atoms with Crippen LogP contribution in [0.25, 0.3) is 0 Å². The van der Waals surface area contributed by atoms with Crippen LogP contribution in [0.1, 0.15) is 266 Å². The predicted octanol–water partition coefficient (Wildman–Crippen LogP) is 13.1. The van der Waals surface area contributed by atoms with E-state index >= 15 is 0 Å². The minimum atomic E-state index is -4.84. The van der Waals surface area contributed by atoms with Crippen molar-refractivity contribution in [1.29, 1.82) is 0 Å². The number of allylic oxidation sites excluding steroid dienone is 2. The summed E-state index contributed by atoms with van der Waals surface area (Å²) in [4.78, 5) is 25.3. The Balaban J connectivity index is 0.0000360. The molecule has 0 amide bonds. The Kier molecular flexibility index (Phi) is 42.7. The average molecular weight is 881 g/mol. The molecule has 7 nitrogen and oxygen atoms in total. The van der Waals surface area contributed by atoms with Gasteiger partial charge in [0.05, 0.1) is 29.2 Å². The molecule has 346 valence electrons. The molecule has 1 rings (SSSR count). The summed E-state index contributed by atoms with van der Waals surface area (Å²) in [7, 11) is -4.84. The average Bonchev–Trinajstić information content (AvgIpc) is 3.24. The summed E-state index contributed by atoms with van der Waals surface area (Å²) >= 11 is 0. The molecule has 0 spiro atoms. The molecule has 0 unspecified atom stereocenters. The molecule has 9 heteroatoms. The van der Waals surface area contributed by atoms with Crippen molar-refractivity contribution in [2.75, 3.05) is 13.2 Å². The molecule has 0 saturated carbocycles. The summed E-state index contributed by atoms with van der Waals surface area (Å²) in [5.74, 6) is -1.63. The molecule has 1 aromatic carbocycles. The molecule has 0 aliphatic heterocycles. The molecule has 0 bridgehead atoms. The third-order valence-corrected chi connectivity index (χ3v) is 12.4.